The molecule has 1 aromatic carbocycles. The number of hydrogen-bond donors (Lipinski definition) is 1. The number of ether oxygens (including phenoxy) is 2. The normalized spacial score (nSPS) is 12.1. The molecule has 32 heavy (non-hydrogen) atoms. The molecule has 5 heteroatoms. The Bertz CT molecular complexity index is 617. The summed E-state index contributed by atoms with van der Waals surface area (Å²) >= 11 is 0. The largest absolute Gasteiger partial charge is 0.394 e. The number of rotatable bonds is 21. The lowest BCUT2D eigenvalue weighted by Crippen LogP contribution is -2.24. The van der Waals surface area contributed by atoms with E-state index in [4.69, 9.17) is 14.7 Å². The maximum absolute atomic E-state index is 13.4. The predicted octanol–water partition coefficient (Wildman–Crippen LogP) is 7.07. The molecule has 0 saturated heterocycles. The highest BCUT2D eigenvalue weighted by atomic mass is 19.1. The Hall–Kier alpha value is -1.48. The van der Waals surface area contributed by atoms with Crippen LogP contribution in [0.2, 0.25) is 0 Å². The van der Waals surface area contributed by atoms with Gasteiger partial charge in [-0.15, -0.1) is 0 Å². The fraction of sp³-hybridized carbons (Fsp3) is 0.741. The summed E-state index contributed by atoms with van der Waals surface area (Å²) in [5, 5.41) is 18.3. The molecule has 1 rings (SSSR count). The van der Waals surface area contributed by atoms with Gasteiger partial charge in [0.25, 0.3) is 0 Å². The van der Waals surface area contributed by atoms with Crippen molar-refractivity contribution in [2.24, 2.45) is 0 Å². The molecule has 0 radical (unpaired) electrons. The smallest absolute Gasteiger partial charge is 0.140 e. The van der Waals surface area contributed by atoms with Gasteiger partial charge in [-0.2, -0.15) is 5.26 Å². The summed E-state index contributed by atoms with van der Waals surface area (Å²) in [4.78, 5) is 0. The van der Waals surface area contributed by atoms with Gasteiger partial charge >= 0.3 is 0 Å². The number of halogens is 1. The SMILES string of the molecule is CCCCCCCCCCCCCCCCOC[C@H](CO)OCc1ccc(F)c(C#N)c1. The zero-order chi connectivity index (χ0) is 23.3. The predicted molar refractivity (Wildman–Crippen MR) is 128 cm³/mol. The summed E-state index contributed by atoms with van der Waals surface area (Å²) in [5.41, 5.74) is 0.703. The lowest BCUT2D eigenvalue weighted by molar-refractivity contribution is -0.0502. The van der Waals surface area contributed by atoms with Gasteiger partial charge in [-0.3, -0.25) is 0 Å². The molecule has 0 aliphatic carbocycles. The van der Waals surface area contributed by atoms with E-state index < -0.39 is 11.9 Å². The summed E-state index contributed by atoms with van der Waals surface area (Å²) < 4.78 is 24.6. The molecule has 0 saturated carbocycles. The molecule has 1 aromatic rings. The highest BCUT2D eigenvalue weighted by Crippen LogP contribution is 2.14. The van der Waals surface area contributed by atoms with Crippen LogP contribution in [-0.2, 0) is 16.1 Å². The highest BCUT2D eigenvalue weighted by Gasteiger charge is 2.10. The molecule has 0 bridgehead atoms. The molecular weight excluding hydrogens is 405 g/mol. The zero-order valence-corrected chi connectivity index (χ0v) is 20.1. The summed E-state index contributed by atoms with van der Waals surface area (Å²) in [6.45, 7) is 3.35. The van der Waals surface area contributed by atoms with Crippen LogP contribution in [-0.4, -0.2) is 31.0 Å². The summed E-state index contributed by atoms with van der Waals surface area (Å²) in [7, 11) is 0. The Morgan fingerprint density at radius 1 is 0.906 bits per heavy atom. The van der Waals surface area contributed by atoms with Crippen LogP contribution < -0.4 is 0 Å². The van der Waals surface area contributed by atoms with E-state index in [0.29, 0.717) is 18.8 Å². The van der Waals surface area contributed by atoms with Gasteiger partial charge in [0, 0.05) is 6.61 Å². The molecule has 4 nitrogen and oxygen atoms in total. The average Bonchev–Trinajstić information content (AvgIpc) is 2.81. The first-order valence-corrected chi connectivity index (χ1v) is 12.7. The van der Waals surface area contributed by atoms with E-state index in [1.165, 1.54) is 95.6 Å². The topological polar surface area (TPSA) is 62.5 Å². The Morgan fingerprint density at radius 3 is 2.00 bits per heavy atom. The van der Waals surface area contributed by atoms with Gasteiger partial charge in [-0.25, -0.2) is 4.39 Å². The van der Waals surface area contributed by atoms with Gasteiger partial charge in [0.1, 0.15) is 18.0 Å². The molecular formula is C27H44FNO3. The van der Waals surface area contributed by atoms with Crippen molar-refractivity contribution in [3.05, 3.63) is 35.1 Å². The fourth-order valence-corrected chi connectivity index (χ4v) is 3.73. The second-order valence-electron chi connectivity index (χ2n) is 8.71. The van der Waals surface area contributed by atoms with Gasteiger partial charge in [0.05, 0.1) is 25.4 Å². The maximum atomic E-state index is 13.4. The molecule has 0 amide bonds. The van der Waals surface area contributed by atoms with Gasteiger partial charge in [0.2, 0.25) is 0 Å². The number of nitriles is 1. The average molecular weight is 450 g/mol. The standard InChI is InChI=1S/C27H44FNO3/c1-2-3-4-5-6-7-8-9-10-11-12-13-14-15-18-31-23-26(21-30)32-22-24-16-17-27(28)25(19-24)20-29/h16-17,19,26,30H,2-15,18,21-23H2,1H3/t26-/m0/s1. The summed E-state index contributed by atoms with van der Waals surface area (Å²) in [6.07, 6.45) is 18.2. The Morgan fingerprint density at radius 2 is 1.47 bits per heavy atom. The molecule has 0 aliphatic heterocycles. The summed E-state index contributed by atoms with van der Waals surface area (Å²) in [5.74, 6) is -0.536. The Balaban J connectivity index is 1.93. The van der Waals surface area contributed by atoms with Crippen molar-refractivity contribution in [3.63, 3.8) is 0 Å². The van der Waals surface area contributed by atoms with Crippen molar-refractivity contribution in [2.75, 3.05) is 19.8 Å². The minimum absolute atomic E-state index is 0.000651. The van der Waals surface area contributed by atoms with Crippen LogP contribution in [0.25, 0.3) is 0 Å². The van der Waals surface area contributed by atoms with E-state index in [0.717, 1.165) is 6.42 Å². The lowest BCUT2D eigenvalue weighted by atomic mass is 10.0. The van der Waals surface area contributed by atoms with Crippen molar-refractivity contribution in [2.45, 2.75) is 110 Å². The van der Waals surface area contributed by atoms with Crippen LogP contribution in [0.1, 0.15) is 108 Å². The molecule has 1 atom stereocenters. The number of unbranched alkanes of at least 4 members (excludes halogenated alkanes) is 13. The van der Waals surface area contributed by atoms with Crippen LogP contribution in [0, 0.1) is 17.1 Å². The van der Waals surface area contributed by atoms with E-state index >= 15 is 0 Å². The number of nitrogens with zero attached hydrogens (tertiary/aromatic N) is 1. The second kappa shape index (κ2) is 20.1. The molecule has 0 unspecified atom stereocenters. The molecule has 1 N–H and O–H groups in total. The van der Waals surface area contributed by atoms with Crippen molar-refractivity contribution < 1.29 is 19.0 Å². The van der Waals surface area contributed by atoms with E-state index in [-0.39, 0.29) is 18.8 Å². The number of aliphatic hydroxyl groups excluding tert-OH is 1. The van der Waals surface area contributed by atoms with E-state index in [1.54, 1.807) is 6.07 Å². The molecule has 182 valence electrons. The van der Waals surface area contributed by atoms with Crippen molar-refractivity contribution >= 4 is 0 Å². The quantitative estimate of drug-likeness (QED) is 0.204. The first kappa shape index (κ1) is 28.6. The fourth-order valence-electron chi connectivity index (χ4n) is 3.73. The van der Waals surface area contributed by atoms with Crippen molar-refractivity contribution in [1.82, 2.24) is 0 Å². The number of benzene rings is 1. The van der Waals surface area contributed by atoms with Crippen LogP contribution in [0.4, 0.5) is 4.39 Å². The zero-order valence-electron chi connectivity index (χ0n) is 20.1. The van der Waals surface area contributed by atoms with Crippen LogP contribution in [0.3, 0.4) is 0 Å². The lowest BCUT2D eigenvalue weighted by Gasteiger charge is -2.16. The third kappa shape index (κ3) is 14.6. The van der Waals surface area contributed by atoms with E-state index in [9.17, 15) is 9.50 Å². The maximum Gasteiger partial charge on any atom is 0.140 e. The summed E-state index contributed by atoms with van der Waals surface area (Å²) in [6, 6.07) is 6.13. The van der Waals surface area contributed by atoms with Crippen molar-refractivity contribution in [1.29, 1.82) is 5.26 Å². The molecule has 0 fully saturated rings. The minimum Gasteiger partial charge on any atom is -0.394 e. The van der Waals surface area contributed by atoms with Crippen LogP contribution in [0.15, 0.2) is 18.2 Å². The molecule has 0 spiro atoms. The van der Waals surface area contributed by atoms with Crippen LogP contribution >= 0.6 is 0 Å². The minimum atomic E-state index is -0.536. The third-order valence-electron chi connectivity index (χ3n) is 5.79. The van der Waals surface area contributed by atoms with Gasteiger partial charge in [0.15, 0.2) is 0 Å². The highest BCUT2D eigenvalue weighted by molar-refractivity contribution is 5.34. The second-order valence-corrected chi connectivity index (χ2v) is 8.71. The van der Waals surface area contributed by atoms with Gasteiger partial charge in [-0.1, -0.05) is 96.5 Å². The Kier molecular flexibility index (Phi) is 18.0. The Labute approximate surface area is 195 Å². The van der Waals surface area contributed by atoms with Crippen molar-refractivity contribution in [3.8, 4) is 6.07 Å². The monoisotopic (exact) mass is 449 g/mol. The first-order chi connectivity index (χ1) is 15.7. The molecule has 0 aromatic heterocycles. The first-order valence-electron chi connectivity index (χ1n) is 12.7. The third-order valence-corrected chi connectivity index (χ3v) is 5.79. The van der Waals surface area contributed by atoms with Crippen LogP contribution in [0.5, 0.6) is 0 Å². The number of hydrogen-bond acceptors (Lipinski definition) is 4. The van der Waals surface area contributed by atoms with Gasteiger partial charge in [-0.05, 0) is 24.1 Å². The molecule has 0 heterocycles. The number of aliphatic hydroxyl groups is 1. The van der Waals surface area contributed by atoms with E-state index in [2.05, 4.69) is 6.92 Å². The molecule has 0 aliphatic rings. The van der Waals surface area contributed by atoms with E-state index in [1.807, 2.05) is 6.07 Å². The van der Waals surface area contributed by atoms with Gasteiger partial charge < -0.3 is 14.6 Å².